The second-order valence-corrected chi connectivity index (χ2v) is 4.57. The molecule has 0 heterocycles. The standard InChI is InChI=1S/C10H13ClN2O2S/c11-7-3-1-4-8(16-6-2-5-14)9(7)10(12)13-15/h1,3-4,14-15H,2,5-6H2,(H2,12,13). The molecule has 0 aromatic heterocycles. The summed E-state index contributed by atoms with van der Waals surface area (Å²) in [5.41, 5.74) is 6.09. The fraction of sp³-hybridized carbons (Fsp3) is 0.300. The first-order valence-electron chi connectivity index (χ1n) is 4.70. The number of aliphatic hydroxyl groups is 1. The maximum absolute atomic E-state index is 8.70. The van der Waals surface area contributed by atoms with Gasteiger partial charge in [-0.1, -0.05) is 22.8 Å². The van der Waals surface area contributed by atoms with Gasteiger partial charge >= 0.3 is 0 Å². The van der Waals surface area contributed by atoms with E-state index in [9.17, 15) is 0 Å². The number of halogens is 1. The SMILES string of the molecule is NC(=NO)c1c(Cl)cccc1SCCCO. The van der Waals surface area contributed by atoms with Gasteiger partial charge in [0.1, 0.15) is 0 Å². The fourth-order valence-electron chi connectivity index (χ4n) is 1.17. The van der Waals surface area contributed by atoms with Crippen molar-refractivity contribution in [3.8, 4) is 0 Å². The lowest BCUT2D eigenvalue weighted by molar-refractivity contribution is 0.296. The normalized spacial score (nSPS) is 11.8. The number of hydrogen-bond acceptors (Lipinski definition) is 4. The zero-order valence-corrected chi connectivity index (χ0v) is 10.1. The molecule has 0 atom stereocenters. The van der Waals surface area contributed by atoms with E-state index >= 15 is 0 Å². The molecule has 0 radical (unpaired) electrons. The number of rotatable bonds is 5. The minimum atomic E-state index is -0.00269. The first-order valence-corrected chi connectivity index (χ1v) is 6.07. The summed E-state index contributed by atoms with van der Waals surface area (Å²) in [5, 5.41) is 20.8. The second kappa shape index (κ2) is 6.62. The molecule has 0 unspecified atom stereocenters. The zero-order valence-electron chi connectivity index (χ0n) is 8.56. The van der Waals surface area contributed by atoms with Gasteiger partial charge in [0.25, 0.3) is 0 Å². The van der Waals surface area contributed by atoms with Crippen LogP contribution in [-0.2, 0) is 0 Å². The molecule has 1 aromatic carbocycles. The van der Waals surface area contributed by atoms with E-state index in [0.717, 1.165) is 10.6 Å². The van der Waals surface area contributed by atoms with Gasteiger partial charge < -0.3 is 16.0 Å². The van der Waals surface area contributed by atoms with E-state index in [1.165, 1.54) is 11.8 Å². The maximum atomic E-state index is 8.70. The Kier molecular flexibility index (Phi) is 5.45. The Hall–Kier alpha value is -0.910. The Labute approximate surface area is 103 Å². The maximum Gasteiger partial charge on any atom is 0.172 e. The lowest BCUT2D eigenvalue weighted by Gasteiger charge is -2.09. The van der Waals surface area contributed by atoms with Crippen LogP contribution in [-0.4, -0.2) is 28.5 Å². The van der Waals surface area contributed by atoms with Crippen molar-refractivity contribution in [1.29, 1.82) is 0 Å². The predicted octanol–water partition coefficient (Wildman–Crippen LogP) is 1.91. The first-order chi connectivity index (χ1) is 7.70. The van der Waals surface area contributed by atoms with Gasteiger partial charge in [0.15, 0.2) is 5.84 Å². The minimum Gasteiger partial charge on any atom is -0.409 e. The molecule has 16 heavy (non-hydrogen) atoms. The molecule has 0 spiro atoms. The molecule has 0 aliphatic heterocycles. The lowest BCUT2D eigenvalue weighted by Crippen LogP contribution is -2.15. The van der Waals surface area contributed by atoms with Crippen molar-refractivity contribution in [2.45, 2.75) is 11.3 Å². The molecule has 1 aromatic rings. The quantitative estimate of drug-likeness (QED) is 0.189. The number of oxime groups is 1. The number of amidine groups is 1. The molecule has 0 fully saturated rings. The van der Waals surface area contributed by atoms with E-state index in [1.54, 1.807) is 12.1 Å². The van der Waals surface area contributed by atoms with Gasteiger partial charge in [0.05, 0.1) is 10.6 Å². The Bertz CT molecular complexity index is 385. The Morgan fingerprint density at radius 2 is 2.25 bits per heavy atom. The molecule has 0 amide bonds. The highest BCUT2D eigenvalue weighted by molar-refractivity contribution is 7.99. The van der Waals surface area contributed by atoms with Gasteiger partial charge in [-0.05, 0) is 18.6 Å². The molecule has 0 saturated heterocycles. The van der Waals surface area contributed by atoms with Crippen LogP contribution in [0.15, 0.2) is 28.3 Å². The number of hydrogen-bond donors (Lipinski definition) is 3. The molecule has 4 nitrogen and oxygen atoms in total. The van der Waals surface area contributed by atoms with Crippen molar-refractivity contribution in [2.24, 2.45) is 10.9 Å². The molecule has 0 aliphatic carbocycles. The molecule has 88 valence electrons. The number of aliphatic hydroxyl groups excluding tert-OH is 1. The van der Waals surface area contributed by atoms with E-state index in [-0.39, 0.29) is 12.4 Å². The van der Waals surface area contributed by atoms with Crippen LogP contribution in [0.2, 0.25) is 5.02 Å². The topological polar surface area (TPSA) is 78.8 Å². The Morgan fingerprint density at radius 3 is 2.88 bits per heavy atom. The summed E-state index contributed by atoms with van der Waals surface area (Å²) < 4.78 is 0. The van der Waals surface area contributed by atoms with Crippen LogP contribution in [0.4, 0.5) is 0 Å². The van der Waals surface area contributed by atoms with Crippen molar-refractivity contribution < 1.29 is 10.3 Å². The van der Waals surface area contributed by atoms with Crippen LogP contribution in [0.1, 0.15) is 12.0 Å². The monoisotopic (exact) mass is 260 g/mol. The average molecular weight is 261 g/mol. The third-order valence-corrected chi connectivity index (χ3v) is 3.36. The van der Waals surface area contributed by atoms with E-state index in [2.05, 4.69) is 5.16 Å². The smallest absolute Gasteiger partial charge is 0.172 e. The van der Waals surface area contributed by atoms with Crippen LogP contribution in [0.25, 0.3) is 0 Å². The predicted molar refractivity (Wildman–Crippen MR) is 66.4 cm³/mol. The third-order valence-electron chi connectivity index (χ3n) is 1.90. The highest BCUT2D eigenvalue weighted by atomic mass is 35.5. The summed E-state index contributed by atoms with van der Waals surface area (Å²) >= 11 is 7.49. The fourth-order valence-corrected chi connectivity index (χ4v) is 2.52. The highest BCUT2D eigenvalue weighted by Gasteiger charge is 2.11. The van der Waals surface area contributed by atoms with Crippen molar-refractivity contribution in [3.05, 3.63) is 28.8 Å². The van der Waals surface area contributed by atoms with Crippen LogP contribution in [0.3, 0.4) is 0 Å². The summed E-state index contributed by atoms with van der Waals surface area (Å²) in [6, 6.07) is 5.34. The number of thioether (sulfide) groups is 1. The zero-order chi connectivity index (χ0) is 12.0. The first kappa shape index (κ1) is 13.2. The van der Waals surface area contributed by atoms with E-state index in [0.29, 0.717) is 17.0 Å². The van der Waals surface area contributed by atoms with Crippen LogP contribution in [0.5, 0.6) is 0 Å². The van der Waals surface area contributed by atoms with Gasteiger partial charge in [-0.2, -0.15) is 0 Å². The van der Waals surface area contributed by atoms with Crippen molar-refractivity contribution in [3.63, 3.8) is 0 Å². The molecule has 4 N–H and O–H groups in total. The number of benzene rings is 1. The molecule has 0 bridgehead atoms. The second-order valence-electron chi connectivity index (χ2n) is 3.02. The largest absolute Gasteiger partial charge is 0.409 e. The van der Waals surface area contributed by atoms with Gasteiger partial charge in [0.2, 0.25) is 0 Å². The molecule has 0 aliphatic rings. The van der Waals surface area contributed by atoms with Crippen molar-refractivity contribution in [1.82, 2.24) is 0 Å². The van der Waals surface area contributed by atoms with Crippen molar-refractivity contribution >= 4 is 29.2 Å². The molecule has 0 saturated carbocycles. The van der Waals surface area contributed by atoms with E-state index in [4.69, 9.17) is 27.6 Å². The van der Waals surface area contributed by atoms with E-state index in [1.807, 2.05) is 6.07 Å². The average Bonchev–Trinajstić information content (AvgIpc) is 2.29. The number of nitrogens with zero attached hydrogens (tertiary/aromatic N) is 1. The highest BCUT2D eigenvalue weighted by Crippen LogP contribution is 2.28. The molecule has 6 heteroatoms. The summed E-state index contributed by atoms with van der Waals surface area (Å²) in [7, 11) is 0. The molecule has 1 rings (SSSR count). The van der Waals surface area contributed by atoms with Crippen molar-refractivity contribution in [2.75, 3.05) is 12.4 Å². The van der Waals surface area contributed by atoms with Gasteiger partial charge in [-0.25, -0.2) is 0 Å². The summed E-state index contributed by atoms with van der Waals surface area (Å²) in [6.45, 7) is 0.145. The summed E-state index contributed by atoms with van der Waals surface area (Å²) in [5.74, 6) is 0.750. The third kappa shape index (κ3) is 3.30. The Balaban J connectivity index is 2.94. The summed E-state index contributed by atoms with van der Waals surface area (Å²) in [6.07, 6.45) is 0.687. The number of nitrogens with two attached hydrogens (primary N) is 1. The minimum absolute atomic E-state index is 0.00269. The van der Waals surface area contributed by atoms with Gasteiger partial charge in [-0.15, -0.1) is 11.8 Å². The van der Waals surface area contributed by atoms with Crippen LogP contribution < -0.4 is 5.73 Å². The Morgan fingerprint density at radius 1 is 1.50 bits per heavy atom. The van der Waals surface area contributed by atoms with Crippen LogP contribution in [0, 0.1) is 0 Å². The lowest BCUT2D eigenvalue weighted by atomic mass is 10.2. The summed E-state index contributed by atoms with van der Waals surface area (Å²) in [4.78, 5) is 0.844. The van der Waals surface area contributed by atoms with Gasteiger partial charge in [0, 0.05) is 17.3 Å². The van der Waals surface area contributed by atoms with E-state index < -0.39 is 0 Å². The van der Waals surface area contributed by atoms with Gasteiger partial charge in [-0.3, -0.25) is 0 Å². The molecular formula is C10H13ClN2O2S. The van der Waals surface area contributed by atoms with Crippen LogP contribution >= 0.6 is 23.4 Å². The molecular weight excluding hydrogens is 248 g/mol.